The summed E-state index contributed by atoms with van der Waals surface area (Å²) in [6.45, 7) is 3.03. The standard InChI is InChI=1S/C26H29N7O5/c1-36-20-13-18(14-21(37-2)25(20)38-3)28-24(34)16-33-26(35)32-17-27-22(15-23(32)29-33)31-11-9-30(10-12-31)19-7-5-4-6-8-19/h4-8,13-15,17H,9-12,16H2,1-3H3,(H,28,34). The number of para-hydroxylation sites is 1. The van der Waals surface area contributed by atoms with Crippen LogP contribution in [0.1, 0.15) is 0 Å². The first-order valence-electron chi connectivity index (χ1n) is 12.1. The lowest BCUT2D eigenvalue weighted by atomic mass is 10.2. The molecule has 1 amide bonds. The van der Waals surface area contributed by atoms with Gasteiger partial charge in [0.15, 0.2) is 17.1 Å². The Hall–Kier alpha value is -4.74. The van der Waals surface area contributed by atoms with Crippen molar-refractivity contribution < 1.29 is 19.0 Å². The third-order valence-electron chi connectivity index (χ3n) is 6.43. The van der Waals surface area contributed by atoms with Gasteiger partial charge in [-0.2, -0.15) is 0 Å². The lowest BCUT2D eigenvalue weighted by Gasteiger charge is -2.36. The zero-order chi connectivity index (χ0) is 26.6. The second-order valence-electron chi connectivity index (χ2n) is 8.69. The number of fused-ring (bicyclic) bond motifs is 1. The highest BCUT2D eigenvalue weighted by atomic mass is 16.5. The number of anilines is 3. The fourth-order valence-corrected chi connectivity index (χ4v) is 4.51. The zero-order valence-electron chi connectivity index (χ0n) is 21.5. The Morgan fingerprint density at radius 1 is 0.921 bits per heavy atom. The van der Waals surface area contributed by atoms with Crippen LogP contribution in [-0.4, -0.2) is 72.6 Å². The average molecular weight is 520 g/mol. The lowest BCUT2D eigenvalue weighted by Crippen LogP contribution is -2.46. The number of piperazine rings is 1. The van der Waals surface area contributed by atoms with Crippen molar-refractivity contribution >= 4 is 28.7 Å². The van der Waals surface area contributed by atoms with Crippen molar-refractivity contribution in [2.45, 2.75) is 6.54 Å². The highest BCUT2D eigenvalue weighted by molar-refractivity contribution is 5.91. The Bertz CT molecular complexity index is 1470. The molecule has 1 N–H and O–H groups in total. The van der Waals surface area contributed by atoms with Crippen LogP contribution in [0.15, 0.2) is 59.7 Å². The van der Waals surface area contributed by atoms with Crippen molar-refractivity contribution in [3.05, 3.63) is 65.3 Å². The molecule has 1 fully saturated rings. The molecule has 12 nitrogen and oxygen atoms in total. The molecular formula is C26H29N7O5. The number of rotatable bonds is 8. The van der Waals surface area contributed by atoms with Gasteiger partial charge in [-0.15, -0.1) is 5.10 Å². The van der Waals surface area contributed by atoms with Crippen LogP contribution in [-0.2, 0) is 11.3 Å². The van der Waals surface area contributed by atoms with E-state index in [-0.39, 0.29) is 6.54 Å². The molecule has 198 valence electrons. The normalized spacial score (nSPS) is 13.4. The maximum Gasteiger partial charge on any atom is 0.352 e. The average Bonchev–Trinajstić information content (AvgIpc) is 3.26. The zero-order valence-corrected chi connectivity index (χ0v) is 21.5. The van der Waals surface area contributed by atoms with Gasteiger partial charge in [0.2, 0.25) is 11.7 Å². The van der Waals surface area contributed by atoms with Crippen LogP contribution in [0.25, 0.3) is 5.65 Å². The van der Waals surface area contributed by atoms with Gasteiger partial charge in [-0.1, -0.05) is 18.2 Å². The topological polar surface area (TPSA) is 115 Å². The predicted molar refractivity (Wildman–Crippen MR) is 143 cm³/mol. The first-order chi connectivity index (χ1) is 18.5. The van der Waals surface area contributed by atoms with E-state index in [0.717, 1.165) is 36.7 Å². The molecule has 5 rings (SSSR count). The van der Waals surface area contributed by atoms with E-state index < -0.39 is 11.6 Å². The molecular weight excluding hydrogens is 490 g/mol. The van der Waals surface area contributed by atoms with Gasteiger partial charge in [0.05, 0.1) is 21.3 Å². The third-order valence-corrected chi connectivity index (χ3v) is 6.43. The minimum Gasteiger partial charge on any atom is -0.493 e. The molecule has 4 aromatic rings. The van der Waals surface area contributed by atoms with E-state index in [4.69, 9.17) is 14.2 Å². The number of aromatic nitrogens is 4. The fourth-order valence-electron chi connectivity index (χ4n) is 4.51. The number of amides is 1. The molecule has 1 saturated heterocycles. The quantitative estimate of drug-likeness (QED) is 0.373. The summed E-state index contributed by atoms with van der Waals surface area (Å²) >= 11 is 0. The Balaban J connectivity index is 1.28. The van der Waals surface area contributed by atoms with Gasteiger partial charge in [0, 0.05) is 55.8 Å². The van der Waals surface area contributed by atoms with Crippen molar-refractivity contribution in [1.82, 2.24) is 19.2 Å². The predicted octanol–water partition coefficient (Wildman–Crippen LogP) is 1.88. The number of nitrogens with one attached hydrogen (secondary N) is 1. The summed E-state index contributed by atoms with van der Waals surface area (Å²) in [4.78, 5) is 34.6. The SMILES string of the molecule is COc1cc(NC(=O)Cn2nc3cc(N4CCN(c5ccccc5)CC4)ncn3c2=O)cc(OC)c1OC. The maximum atomic E-state index is 12.9. The van der Waals surface area contributed by atoms with Gasteiger partial charge in [-0.3, -0.25) is 4.79 Å². The number of carbonyl (C=O) groups excluding carboxylic acids is 1. The number of hydrogen-bond donors (Lipinski definition) is 1. The van der Waals surface area contributed by atoms with Crippen LogP contribution in [0, 0.1) is 0 Å². The highest BCUT2D eigenvalue weighted by Gasteiger charge is 2.20. The van der Waals surface area contributed by atoms with Gasteiger partial charge in [0.1, 0.15) is 18.7 Å². The summed E-state index contributed by atoms with van der Waals surface area (Å²) in [6, 6.07) is 15.3. The molecule has 0 saturated carbocycles. The van der Waals surface area contributed by atoms with E-state index in [0.29, 0.717) is 28.6 Å². The van der Waals surface area contributed by atoms with E-state index in [1.165, 1.54) is 37.7 Å². The second kappa shape index (κ2) is 10.7. The molecule has 0 bridgehead atoms. The molecule has 3 heterocycles. The van der Waals surface area contributed by atoms with Gasteiger partial charge < -0.3 is 29.3 Å². The highest BCUT2D eigenvalue weighted by Crippen LogP contribution is 2.39. The molecule has 38 heavy (non-hydrogen) atoms. The van der Waals surface area contributed by atoms with Crippen LogP contribution >= 0.6 is 0 Å². The van der Waals surface area contributed by atoms with Gasteiger partial charge in [0.25, 0.3) is 0 Å². The molecule has 0 atom stereocenters. The van der Waals surface area contributed by atoms with E-state index in [1.54, 1.807) is 18.2 Å². The summed E-state index contributed by atoms with van der Waals surface area (Å²) in [6.07, 6.45) is 1.46. The molecule has 0 radical (unpaired) electrons. The van der Waals surface area contributed by atoms with E-state index in [1.807, 2.05) is 18.2 Å². The van der Waals surface area contributed by atoms with Crippen LogP contribution in [0.5, 0.6) is 17.2 Å². The minimum absolute atomic E-state index is 0.276. The van der Waals surface area contributed by atoms with Crippen molar-refractivity contribution in [2.75, 3.05) is 62.6 Å². The van der Waals surface area contributed by atoms with E-state index >= 15 is 0 Å². The second-order valence-corrected chi connectivity index (χ2v) is 8.69. The number of benzene rings is 2. The smallest absolute Gasteiger partial charge is 0.352 e. The Kier molecular flexibility index (Phi) is 7.03. The number of carbonyl (C=O) groups is 1. The molecule has 0 unspecified atom stereocenters. The van der Waals surface area contributed by atoms with Gasteiger partial charge in [-0.05, 0) is 12.1 Å². The first kappa shape index (κ1) is 24.9. The Labute approximate surface area is 219 Å². The molecule has 0 aliphatic carbocycles. The molecule has 1 aliphatic heterocycles. The van der Waals surface area contributed by atoms with Gasteiger partial charge in [-0.25, -0.2) is 18.9 Å². The summed E-state index contributed by atoms with van der Waals surface area (Å²) in [5, 5.41) is 7.12. The molecule has 2 aromatic heterocycles. The largest absolute Gasteiger partial charge is 0.493 e. The summed E-state index contributed by atoms with van der Waals surface area (Å²) in [5.74, 6) is 1.51. The van der Waals surface area contributed by atoms with E-state index in [2.05, 4.69) is 37.3 Å². The third kappa shape index (κ3) is 4.92. The Morgan fingerprint density at radius 3 is 2.21 bits per heavy atom. The number of ether oxygens (including phenoxy) is 3. The molecule has 1 aliphatic rings. The first-order valence-corrected chi connectivity index (χ1v) is 12.1. The molecule has 12 heteroatoms. The monoisotopic (exact) mass is 519 g/mol. The van der Waals surface area contributed by atoms with Crippen molar-refractivity contribution in [2.24, 2.45) is 0 Å². The fraction of sp³-hybridized carbons (Fsp3) is 0.308. The summed E-state index contributed by atoms with van der Waals surface area (Å²) < 4.78 is 18.4. The number of nitrogens with zero attached hydrogens (tertiary/aromatic N) is 6. The van der Waals surface area contributed by atoms with Crippen LogP contribution < -0.4 is 35.0 Å². The van der Waals surface area contributed by atoms with Crippen molar-refractivity contribution in [1.29, 1.82) is 0 Å². The van der Waals surface area contributed by atoms with Gasteiger partial charge >= 0.3 is 5.69 Å². The van der Waals surface area contributed by atoms with E-state index in [9.17, 15) is 9.59 Å². The lowest BCUT2D eigenvalue weighted by molar-refractivity contribution is -0.117. The van der Waals surface area contributed by atoms with Crippen LogP contribution in [0.3, 0.4) is 0 Å². The number of methoxy groups -OCH3 is 3. The van der Waals surface area contributed by atoms with Crippen LogP contribution in [0.2, 0.25) is 0 Å². The minimum atomic E-state index is -0.451. The molecule has 2 aromatic carbocycles. The summed E-state index contributed by atoms with van der Waals surface area (Å²) in [7, 11) is 4.48. The number of hydrogen-bond acceptors (Lipinski definition) is 9. The van der Waals surface area contributed by atoms with Crippen molar-refractivity contribution in [3.8, 4) is 17.2 Å². The molecule has 0 spiro atoms. The Morgan fingerprint density at radius 2 is 1.58 bits per heavy atom. The summed E-state index contributed by atoms with van der Waals surface area (Å²) in [5.41, 5.74) is 1.60. The van der Waals surface area contributed by atoms with Crippen LogP contribution in [0.4, 0.5) is 17.2 Å². The maximum absolute atomic E-state index is 12.9. The van der Waals surface area contributed by atoms with Crippen molar-refractivity contribution in [3.63, 3.8) is 0 Å².